The van der Waals surface area contributed by atoms with Crippen molar-refractivity contribution >= 4 is 29.9 Å². The van der Waals surface area contributed by atoms with Crippen molar-refractivity contribution < 1.29 is 9.13 Å². The number of hydrogen-bond donors (Lipinski definition) is 2. The number of rotatable bonds is 5. The molecule has 2 aromatic carbocycles. The van der Waals surface area contributed by atoms with Gasteiger partial charge in [0.25, 0.3) is 0 Å². The first-order valence-corrected chi connectivity index (χ1v) is 7.86. The molecule has 0 saturated heterocycles. The topological polar surface area (TPSA) is 45.7 Å². The lowest BCUT2D eigenvalue weighted by molar-refractivity contribution is 0.411. The molecule has 6 heteroatoms. The number of ether oxygens (including phenoxy) is 1. The monoisotopic (exact) mass is 457 g/mol. The Morgan fingerprint density at radius 1 is 1.00 bits per heavy atom. The molecule has 4 nitrogen and oxygen atoms in total. The average molecular weight is 457 g/mol. The predicted octanol–water partition coefficient (Wildman–Crippen LogP) is 3.93. The lowest BCUT2D eigenvalue weighted by Gasteiger charge is -2.13. The Labute approximate surface area is 165 Å². The molecule has 0 fully saturated rings. The van der Waals surface area contributed by atoms with E-state index < -0.39 is 0 Å². The van der Waals surface area contributed by atoms with Gasteiger partial charge < -0.3 is 15.4 Å². The molecule has 0 spiro atoms. The Hall–Kier alpha value is -1.83. The maximum atomic E-state index is 13.6. The minimum atomic E-state index is -0.189. The average Bonchev–Trinajstić information content (AvgIpc) is 2.58. The number of nitrogens with one attached hydrogen (secondary N) is 2. The summed E-state index contributed by atoms with van der Waals surface area (Å²) in [6.07, 6.45) is 0. The third kappa shape index (κ3) is 6.19. The Morgan fingerprint density at radius 3 is 2.12 bits per heavy atom. The molecule has 0 aromatic heterocycles. The summed E-state index contributed by atoms with van der Waals surface area (Å²) in [5, 5.41) is 6.44. The molecule has 136 valence electrons. The summed E-state index contributed by atoms with van der Waals surface area (Å²) in [5.74, 6) is 1.36. The van der Waals surface area contributed by atoms with E-state index in [1.807, 2.05) is 25.1 Å². The normalized spacial score (nSPS) is 10.8. The van der Waals surface area contributed by atoms with Gasteiger partial charge in [-0.3, -0.25) is 4.99 Å². The van der Waals surface area contributed by atoms with Gasteiger partial charge in [0, 0.05) is 20.1 Å². The zero-order valence-corrected chi connectivity index (χ0v) is 17.4. The molecule has 2 aromatic rings. The Bertz CT molecular complexity index is 735. The van der Waals surface area contributed by atoms with Crippen LogP contribution in [-0.2, 0) is 13.1 Å². The maximum Gasteiger partial charge on any atom is 0.191 e. The molecule has 0 aliphatic heterocycles. The van der Waals surface area contributed by atoms with Crippen LogP contribution in [0.3, 0.4) is 0 Å². The molecular weight excluding hydrogens is 432 g/mol. The zero-order valence-electron chi connectivity index (χ0n) is 15.0. The zero-order chi connectivity index (χ0) is 17.5. The van der Waals surface area contributed by atoms with Crippen molar-refractivity contribution in [3.8, 4) is 5.75 Å². The Balaban J connectivity index is 0.00000312. The Morgan fingerprint density at radius 2 is 1.60 bits per heavy atom. The van der Waals surface area contributed by atoms with Crippen molar-refractivity contribution in [3.63, 3.8) is 0 Å². The quantitative estimate of drug-likeness (QED) is 0.407. The van der Waals surface area contributed by atoms with E-state index in [2.05, 4.69) is 21.7 Å². The first-order valence-electron chi connectivity index (χ1n) is 7.86. The summed E-state index contributed by atoms with van der Waals surface area (Å²) in [6.45, 7) is 4.93. The van der Waals surface area contributed by atoms with Gasteiger partial charge in [0.15, 0.2) is 5.96 Å². The third-order valence-corrected chi connectivity index (χ3v) is 3.84. The number of nitrogens with zero attached hydrogens (tertiary/aromatic N) is 1. The molecule has 0 bridgehead atoms. The molecule has 2 N–H and O–H groups in total. The van der Waals surface area contributed by atoms with Crippen molar-refractivity contribution in [3.05, 3.63) is 64.5 Å². The summed E-state index contributed by atoms with van der Waals surface area (Å²) in [6, 6.07) is 11.3. The smallest absolute Gasteiger partial charge is 0.191 e. The van der Waals surface area contributed by atoms with Crippen LogP contribution in [0, 0.1) is 19.7 Å². The molecule has 2 rings (SSSR count). The van der Waals surface area contributed by atoms with E-state index in [9.17, 15) is 4.39 Å². The molecule has 0 radical (unpaired) electrons. The van der Waals surface area contributed by atoms with Gasteiger partial charge in [0.1, 0.15) is 11.6 Å². The third-order valence-electron chi connectivity index (χ3n) is 3.84. The van der Waals surface area contributed by atoms with Gasteiger partial charge in [0.2, 0.25) is 0 Å². The van der Waals surface area contributed by atoms with Crippen LogP contribution in [0.1, 0.15) is 22.3 Å². The van der Waals surface area contributed by atoms with Crippen molar-refractivity contribution in [1.29, 1.82) is 0 Å². The van der Waals surface area contributed by atoms with Gasteiger partial charge >= 0.3 is 0 Å². The molecule has 25 heavy (non-hydrogen) atoms. The highest BCUT2D eigenvalue weighted by molar-refractivity contribution is 14.0. The first kappa shape index (κ1) is 21.2. The van der Waals surface area contributed by atoms with Crippen LogP contribution in [0.5, 0.6) is 5.75 Å². The second-order valence-electron chi connectivity index (χ2n) is 5.67. The van der Waals surface area contributed by atoms with Crippen LogP contribution in [0.15, 0.2) is 41.4 Å². The minimum absolute atomic E-state index is 0. The van der Waals surface area contributed by atoms with Gasteiger partial charge in [-0.05, 0) is 48.2 Å². The van der Waals surface area contributed by atoms with E-state index >= 15 is 0 Å². The number of halogens is 2. The van der Waals surface area contributed by atoms with Gasteiger partial charge in [0.05, 0.1) is 7.11 Å². The van der Waals surface area contributed by atoms with E-state index in [1.54, 1.807) is 33.2 Å². The molecule has 0 amide bonds. The lowest BCUT2D eigenvalue weighted by Crippen LogP contribution is -2.36. The second-order valence-corrected chi connectivity index (χ2v) is 5.67. The van der Waals surface area contributed by atoms with E-state index in [4.69, 9.17) is 4.74 Å². The molecule has 0 saturated carbocycles. The molecule has 0 unspecified atom stereocenters. The fourth-order valence-electron chi connectivity index (χ4n) is 2.39. The van der Waals surface area contributed by atoms with Crippen molar-refractivity contribution in [1.82, 2.24) is 10.6 Å². The fraction of sp³-hybridized carbons (Fsp3) is 0.316. The number of aryl methyl sites for hydroxylation is 2. The van der Waals surface area contributed by atoms with Crippen LogP contribution in [0.2, 0.25) is 0 Å². The van der Waals surface area contributed by atoms with Crippen LogP contribution in [0.25, 0.3) is 0 Å². The Kier molecular flexibility index (Phi) is 8.68. The summed E-state index contributed by atoms with van der Waals surface area (Å²) in [5.41, 5.74) is 3.75. The van der Waals surface area contributed by atoms with Crippen molar-refractivity contribution in [2.45, 2.75) is 26.9 Å². The second kappa shape index (κ2) is 10.2. The molecular formula is C19H25FIN3O. The highest BCUT2D eigenvalue weighted by Crippen LogP contribution is 2.18. The fourth-order valence-corrected chi connectivity index (χ4v) is 2.39. The van der Waals surface area contributed by atoms with Gasteiger partial charge in [-0.2, -0.15) is 0 Å². The highest BCUT2D eigenvalue weighted by atomic mass is 127. The number of guanidine groups is 1. The van der Waals surface area contributed by atoms with E-state index in [-0.39, 0.29) is 29.8 Å². The van der Waals surface area contributed by atoms with Gasteiger partial charge in [-0.25, -0.2) is 4.39 Å². The van der Waals surface area contributed by atoms with Gasteiger partial charge in [-0.15, -0.1) is 24.0 Å². The summed E-state index contributed by atoms with van der Waals surface area (Å²) < 4.78 is 18.8. The van der Waals surface area contributed by atoms with Crippen molar-refractivity contribution in [2.75, 3.05) is 14.2 Å². The summed E-state index contributed by atoms with van der Waals surface area (Å²) in [4.78, 5) is 4.19. The highest BCUT2D eigenvalue weighted by Gasteiger charge is 2.03. The first-order chi connectivity index (χ1) is 11.5. The lowest BCUT2D eigenvalue weighted by atomic mass is 10.1. The number of methoxy groups -OCH3 is 1. The maximum absolute atomic E-state index is 13.6. The number of aliphatic imine (C=N–C) groups is 1. The van der Waals surface area contributed by atoms with Crippen LogP contribution in [0.4, 0.5) is 4.39 Å². The standard InChI is InChI=1S/C19H24FN3O.HI/c1-13-5-6-16(10-17(13)20)12-23-19(21-3)22-11-15-7-8-18(24-4)14(2)9-15;/h5-10H,11-12H2,1-4H3,(H2,21,22,23);1H. The van der Waals surface area contributed by atoms with E-state index in [0.29, 0.717) is 24.6 Å². The van der Waals surface area contributed by atoms with Crippen LogP contribution < -0.4 is 15.4 Å². The summed E-state index contributed by atoms with van der Waals surface area (Å²) >= 11 is 0. The molecule has 0 heterocycles. The minimum Gasteiger partial charge on any atom is -0.496 e. The SMILES string of the molecule is CN=C(NCc1ccc(OC)c(C)c1)NCc1ccc(C)c(F)c1.I. The van der Waals surface area contributed by atoms with Gasteiger partial charge in [-0.1, -0.05) is 24.3 Å². The largest absolute Gasteiger partial charge is 0.496 e. The van der Waals surface area contributed by atoms with E-state index in [0.717, 1.165) is 22.4 Å². The van der Waals surface area contributed by atoms with Crippen LogP contribution in [-0.4, -0.2) is 20.1 Å². The summed E-state index contributed by atoms with van der Waals surface area (Å²) in [7, 11) is 3.38. The molecule has 0 atom stereocenters. The van der Waals surface area contributed by atoms with E-state index in [1.165, 1.54) is 0 Å². The van der Waals surface area contributed by atoms with Crippen LogP contribution >= 0.6 is 24.0 Å². The van der Waals surface area contributed by atoms with Crippen molar-refractivity contribution in [2.24, 2.45) is 4.99 Å². The molecule has 0 aliphatic rings. The number of hydrogen-bond acceptors (Lipinski definition) is 2. The number of benzene rings is 2. The molecule has 0 aliphatic carbocycles. The predicted molar refractivity (Wildman–Crippen MR) is 111 cm³/mol.